The number of primary amides is 1. The van der Waals surface area contributed by atoms with Gasteiger partial charge in [-0.2, -0.15) is 0 Å². The maximum atomic E-state index is 13.7. The highest BCUT2D eigenvalue weighted by molar-refractivity contribution is 5.91. The molecule has 0 radical (unpaired) electrons. The number of nitrogens with zero attached hydrogens (tertiary/aromatic N) is 4. The number of halogens is 1. The molecule has 34 heavy (non-hydrogen) atoms. The van der Waals surface area contributed by atoms with E-state index in [9.17, 15) is 9.18 Å². The van der Waals surface area contributed by atoms with Gasteiger partial charge >= 0.3 is 0 Å². The molecule has 2 saturated heterocycles. The van der Waals surface area contributed by atoms with Gasteiger partial charge in [-0.1, -0.05) is 6.07 Å². The first-order valence-corrected chi connectivity index (χ1v) is 11.5. The van der Waals surface area contributed by atoms with E-state index >= 15 is 0 Å². The van der Waals surface area contributed by atoms with Crippen LogP contribution in [0.25, 0.3) is 10.8 Å². The van der Waals surface area contributed by atoms with E-state index in [1.165, 1.54) is 12.1 Å². The van der Waals surface area contributed by atoms with Crippen LogP contribution in [0.3, 0.4) is 0 Å². The van der Waals surface area contributed by atoms with E-state index in [1.54, 1.807) is 25.4 Å². The van der Waals surface area contributed by atoms with Crippen molar-refractivity contribution in [3.63, 3.8) is 0 Å². The molecule has 4 heterocycles. The van der Waals surface area contributed by atoms with Gasteiger partial charge in [0.25, 0.3) is 5.91 Å². The number of methoxy groups -OCH3 is 1. The van der Waals surface area contributed by atoms with Gasteiger partial charge < -0.3 is 20.1 Å². The Morgan fingerprint density at radius 1 is 1.15 bits per heavy atom. The summed E-state index contributed by atoms with van der Waals surface area (Å²) in [4.78, 5) is 24.9. The molecule has 2 unspecified atom stereocenters. The van der Waals surface area contributed by atoms with E-state index in [0.29, 0.717) is 30.5 Å². The first kappa shape index (κ1) is 22.5. The highest BCUT2D eigenvalue weighted by Crippen LogP contribution is 2.33. The average Bonchev–Trinajstić information content (AvgIpc) is 2.88. The molecule has 0 spiro atoms. The fraction of sp³-hybridized carbons (Fsp3) is 0.400. The zero-order chi connectivity index (χ0) is 23.7. The van der Waals surface area contributed by atoms with Crippen LogP contribution < -0.4 is 15.4 Å². The summed E-state index contributed by atoms with van der Waals surface area (Å²) in [5, 5.41) is 1.59. The highest BCUT2D eigenvalue weighted by atomic mass is 19.1. The van der Waals surface area contributed by atoms with Crippen LogP contribution in [0.5, 0.6) is 5.88 Å². The van der Waals surface area contributed by atoms with Crippen LogP contribution in [-0.4, -0.2) is 73.3 Å². The van der Waals surface area contributed by atoms with Crippen LogP contribution in [0.1, 0.15) is 28.5 Å². The number of benzene rings is 1. The van der Waals surface area contributed by atoms with Gasteiger partial charge in [-0.15, -0.1) is 0 Å². The number of amides is 1. The number of pyridine rings is 2. The van der Waals surface area contributed by atoms with Crippen LogP contribution in [0.4, 0.5) is 10.1 Å². The van der Waals surface area contributed by atoms with Gasteiger partial charge in [-0.25, -0.2) is 14.4 Å². The number of ether oxygens (including phenoxy) is 2. The summed E-state index contributed by atoms with van der Waals surface area (Å²) in [6, 6.07) is 10.6. The molecule has 2 aliphatic rings. The molecule has 2 aromatic heterocycles. The summed E-state index contributed by atoms with van der Waals surface area (Å²) >= 11 is 0. The van der Waals surface area contributed by atoms with Gasteiger partial charge in [0.15, 0.2) is 0 Å². The minimum Gasteiger partial charge on any atom is -0.481 e. The summed E-state index contributed by atoms with van der Waals surface area (Å²) < 4.78 is 25.2. The Morgan fingerprint density at radius 3 is 2.68 bits per heavy atom. The lowest BCUT2D eigenvalue weighted by atomic mass is 9.92. The number of hydrogen-bond acceptors (Lipinski definition) is 7. The number of nitrogens with two attached hydrogens (primary N) is 1. The third-order valence-corrected chi connectivity index (χ3v) is 6.77. The van der Waals surface area contributed by atoms with Gasteiger partial charge in [-0.05, 0) is 42.1 Å². The molecule has 2 fully saturated rings. The predicted octanol–water partition coefficient (Wildman–Crippen LogP) is 2.57. The number of piperazine rings is 1. The Hall–Kier alpha value is -3.30. The standard InChI is InChI=1S/C25H28FN5O3/c1-33-25-21-12-18(26)3-2-16(21)11-23(29-25)17-10-20(15-34-14-17)31-8-6-30(7-9-31)19-4-5-22(24(27)32)28-13-19/h2-5,11-13,17,20H,6-10,14-15H2,1H3,(H2,27,32). The third kappa shape index (κ3) is 4.53. The predicted molar refractivity (Wildman–Crippen MR) is 127 cm³/mol. The number of rotatable bonds is 5. The van der Waals surface area contributed by atoms with Crippen molar-refractivity contribution >= 4 is 22.4 Å². The van der Waals surface area contributed by atoms with Gasteiger partial charge in [0, 0.05) is 43.5 Å². The molecule has 2 aliphatic heterocycles. The van der Waals surface area contributed by atoms with Crippen molar-refractivity contribution in [2.75, 3.05) is 51.4 Å². The summed E-state index contributed by atoms with van der Waals surface area (Å²) in [6.45, 7) is 4.86. The lowest BCUT2D eigenvalue weighted by molar-refractivity contribution is 0.00290. The zero-order valence-electron chi connectivity index (χ0n) is 19.1. The molecule has 8 nitrogen and oxygen atoms in total. The summed E-state index contributed by atoms with van der Waals surface area (Å²) in [6.07, 6.45) is 2.65. The second-order valence-electron chi connectivity index (χ2n) is 8.83. The normalized spacial score (nSPS) is 21.5. The fourth-order valence-corrected chi connectivity index (χ4v) is 4.91. The van der Waals surface area contributed by atoms with Crippen molar-refractivity contribution in [3.8, 4) is 5.88 Å². The third-order valence-electron chi connectivity index (χ3n) is 6.77. The van der Waals surface area contributed by atoms with Crippen LogP contribution in [0.2, 0.25) is 0 Å². The van der Waals surface area contributed by atoms with Crippen LogP contribution in [0, 0.1) is 5.82 Å². The smallest absolute Gasteiger partial charge is 0.267 e. The maximum Gasteiger partial charge on any atom is 0.267 e. The lowest BCUT2D eigenvalue weighted by Gasteiger charge is -2.42. The Bertz CT molecular complexity index is 1180. The summed E-state index contributed by atoms with van der Waals surface area (Å²) in [5.41, 5.74) is 7.47. The molecule has 3 aromatic rings. The largest absolute Gasteiger partial charge is 0.481 e. The number of carbonyl (C=O) groups excluding carboxylic acids is 1. The van der Waals surface area contributed by atoms with Crippen LogP contribution >= 0.6 is 0 Å². The molecule has 178 valence electrons. The summed E-state index contributed by atoms with van der Waals surface area (Å²) in [7, 11) is 1.56. The number of hydrogen-bond donors (Lipinski definition) is 1. The Labute approximate surface area is 197 Å². The second kappa shape index (κ2) is 9.52. The first-order chi connectivity index (χ1) is 16.5. The van der Waals surface area contributed by atoms with E-state index in [2.05, 4.69) is 14.8 Å². The molecule has 9 heteroatoms. The summed E-state index contributed by atoms with van der Waals surface area (Å²) in [5.74, 6) is -0.238. The van der Waals surface area contributed by atoms with Gasteiger partial charge in [-0.3, -0.25) is 9.69 Å². The Balaban J connectivity index is 1.25. The Morgan fingerprint density at radius 2 is 1.97 bits per heavy atom. The molecular formula is C25H28FN5O3. The van der Waals surface area contributed by atoms with Crippen molar-refractivity contribution in [2.24, 2.45) is 5.73 Å². The topological polar surface area (TPSA) is 93.8 Å². The fourth-order valence-electron chi connectivity index (χ4n) is 4.91. The molecule has 0 aliphatic carbocycles. The molecule has 0 bridgehead atoms. The van der Waals surface area contributed by atoms with E-state index in [0.717, 1.165) is 49.4 Å². The number of aromatic nitrogens is 2. The number of fused-ring (bicyclic) bond motifs is 1. The number of anilines is 1. The van der Waals surface area contributed by atoms with Crippen molar-refractivity contribution in [3.05, 3.63) is 59.8 Å². The SMILES string of the molecule is COc1nc(C2COCC(N3CCN(c4ccc(C(N)=O)nc4)CC3)C2)cc2ccc(F)cc12. The van der Waals surface area contributed by atoms with Gasteiger partial charge in [0.2, 0.25) is 5.88 Å². The van der Waals surface area contributed by atoms with Crippen LogP contribution in [0.15, 0.2) is 42.6 Å². The van der Waals surface area contributed by atoms with Crippen molar-refractivity contribution in [1.29, 1.82) is 0 Å². The number of carbonyl (C=O) groups is 1. The van der Waals surface area contributed by atoms with E-state index < -0.39 is 5.91 Å². The highest BCUT2D eigenvalue weighted by Gasteiger charge is 2.31. The molecule has 2 atom stereocenters. The van der Waals surface area contributed by atoms with Crippen molar-refractivity contribution < 1.29 is 18.7 Å². The molecule has 2 N–H and O–H groups in total. The van der Waals surface area contributed by atoms with Crippen LogP contribution in [-0.2, 0) is 4.74 Å². The van der Waals surface area contributed by atoms with Gasteiger partial charge in [0.1, 0.15) is 11.5 Å². The van der Waals surface area contributed by atoms with Crippen molar-refractivity contribution in [1.82, 2.24) is 14.9 Å². The first-order valence-electron chi connectivity index (χ1n) is 11.5. The quantitative estimate of drug-likeness (QED) is 0.619. The van der Waals surface area contributed by atoms with E-state index in [4.69, 9.17) is 20.2 Å². The van der Waals surface area contributed by atoms with Crippen molar-refractivity contribution in [2.45, 2.75) is 18.4 Å². The molecular weight excluding hydrogens is 437 g/mol. The minimum atomic E-state index is -0.520. The minimum absolute atomic E-state index is 0.144. The monoisotopic (exact) mass is 465 g/mol. The maximum absolute atomic E-state index is 13.7. The molecule has 5 rings (SSSR count). The molecule has 1 amide bonds. The lowest BCUT2D eigenvalue weighted by Crippen LogP contribution is -2.53. The molecule has 1 aromatic carbocycles. The second-order valence-corrected chi connectivity index (χ2v) is 8.83. The van der Waals surface area contributed by atoms with Gasteiger partial charge in [0.05, 0.1) is 37.9 Å². The Kier molecular flexibility index (Phi) is 6.30. The molecule has 0 saturated carbocycles. The van der Waals surface area contributed by atoms with E-state index in [1.807, 2.05) is 12.1 Å². The van der Waals surface area contributed by atoms with E-state index in [-0.39, 0.29) is 17.4 Å². The zero-order valence-corrected chi connectivity index (χ0v) is 19.1. The average molecular weight is 466 g/mol.